The molecule has 2 saturated carbocycles. The van der Waals surface area contributed by atoms with Crippen molar-refractivity contribution in [3.63, 3.8) is 0 Å². The molecule has 2 bridgehead atoms. The first-order valence-electron chi connectivity index (χ1n) is 9.09. The van der Waals surface area contributed by atoms with Crippen LogP contribution < -0.4 is 0 Å². The fourth-order valence-electron chi connectivity index (χ4n) is 4.47. The molecule has 2 aliphatic carbocycles. The Kier molecular flexibility index (Phi) is 7.80. The summed E-state index contributed by atoms with van der Waals surface area (Å²) in [4.78, 5) is 2.62. The van der Waals surface area contributed by atoms with E-state index in [9.17, 15) is 0 Å². The average Bonchev–Trinajstić information content (AvgIpc) is 3.04. The minimum absolute atomic E-state index is 1.04. The lowest BCUT2D eigenvalue weighted by molar-refractivity contribution is 0.217. The van der Waals surface area contributed by atoms with Crippen LogP contribution in [0.15, 0.2) is 0 Å². The number of hydrogen-bond acceptors (Lipinski definition) is 2. The molecular formula is C18H35NS. The third kappa shape index (κ3) is 5.60. The molecule has 2 fully saturated rings. The van der Waals surface area contributed by atoms with Crippen LogP contribution in [-0.2, 0) is 0 Å². The van der Waals surface area contributed by atoms with Crippen molar-refractivity contribution in [3.8, 4) is 0 Å². The van der Waals surface area contributed by atoms with Gasteiger partial charge >= 0.3 is 0 Å². The monoisotopic (exact) mass is 297 g/mol. The van der Waals surface area contributed by atoms with E-state index < -0.39 is 0 Å². The summed E-state index contributed by atoms with van der Waals surface area (Å²) in [5.74, 6) is 4.30. The second-order valence-corrected chi connectivity index (χ2v) is 7.84. The summed E-state index contributed by atoms with van der Waals surface area (Å²) in [6.45, 7) is 2.70. The van der Waals surface area contributed by atoms with Gasteiger partial charge in [-0.25, -0.2) is 0 Å². The van der Waals surface area contributed by atoms with Gasteiger partial charge in [0.1, 0.15) is 0 Å². The molecule has 0 amide bonds. The molecule has 1 nitrogen and oxygen atoms in total. The van der Waals surface area contributed by atoms with Crippen molar-refractivity contribution in [1.29, 1.82) is 0 Å². The van der Waals surface area contributed by atoms with Crippen molar-refractivity contribution in [2.45, 2.75) is 70.6 Å². The van der Waals surface area contributed by atoms with Crippen LogP contribution >= 0.6 is 12.6 Å². The maximum absolute atomic E-state index is 4.26. The van der Waals surface area contributed by atoms with Crippen LogP contribution in [0.25, 0.3) is 0 Å². The molecule has 0 radical (unpaired) electrons. The van der Waals surface area contributed by atoms with Crippen LogP contribution in [0.5, 0.6) is 0 Å². The van der Waals surface area contributed by atoms with Crippen LogP contribution in [0.2, 0.25) is 0 Å². The first-order valence-corrected chi connectivity index (χ1v) is 9.72. The minimum atomic E-state index is 1.04. The number of thiol groups is 1. The highest BCUT2D eigenvalue weighted by Gasteiger charge is 2.39. The Morgan fingerprint density at radius 3 is 2.20 bits per heavy atom. The van der Waals surface area contributed by atoms with E-state index in [2.05, 4.69) is 24.6 Å². The van der Waals surface area contributed by atoms with Gasteiger partial charge in [-0.05, 0) is 69.2 Å². The van der Waals surface area contributed by atoms with E-state index >= 15 is 0 Å². The third-order valence-corrected chi connectivity index (χ3v) is 5.94. The summed E-state index contributed by atoms with van der Waals surface area (Å²) in [5.41, 5.74) is 0. The van der Waals surface area contributed by atoms with Crippen LogP contribution in [0.1, 0.15) is 70.6 Å². The Morgan fingerprint density at radius 1 is 0.900 bits per heavy atom. The van der Waals surface area contributed by atoms with Gasteiger partial charge in [0, 0.05) is 6.54 Å². The van der Waals surface area contributed by atoms with E-state index in [0.29, 0.717) is 0 Å². The quantitative estimate of drug-likeness (QED) is 0.414. The summed E-state index contributed by atoms with van der Waals surface area (Å²) in [7, 11) is 2.35. The van der Waals surface area contributed by atoms with Crippen molar-refractivity contribution in [3.05, 3.63) is 0 Å². The van der Waals surface area contributed by atoms with Gasteiger partial charge < -0.3 is 4.90 Å². The van der Waals surface area contributed by atoms with Gasteiger partial charge in [-0.1, -0.05) is 38.5 Å². The van der Waals surface area contributed by atoms with Crippen LogP contribution in [0, 0.1) is 17.8 Å². The molecule has 0 aromatic rings. The zero-order valence-electron chi connectivity index (χ0n) is 13.5. The molecule has 0 spiro atoms. The van der Waals surface area contributed by atoms with Crippen molar-refractivity contribution in [2.24, 2.45) is 17.8 Å². The van der Waals surface area contributed by atoms with Gasteiger partial charge in [-0.3, -0.25) is 0 Å². The molecule has 0 heterocycles. The molecule has 2 heteroatoms. The normalized spacial score (nSPS) is 28.6. The summed E-state index contributed by atoms with van der Waals surface area (Å²) < 4.78 is 0. The Labute approximate surface area is 132 Å². The first-order chi connectivity index (χ1) is 9.79. The Morgan fingerprint density at radius 2 is 1.60 bits per heavy atom. The fraction of sp³-hybridized carbons (Fsp3) is 1.00. The number of nitrogens with zero attached hydrogens (tertiary/aromatic N) is 1. The number of hydrogen-bond donors (Lipinski definition) is 1. The molecule has 0 saturated heterocycles. The molecule has 0 N–H and O–H groups in total. The minimum Gasteiger partial charge on any atom is -0.306 e. The van der Waals surface area contributed by atoms with Crippen molar-refractivity contribution in [1.82, 2.24) is 4.90 Å². The molecule has 2 rings (SSSR count). The summed E-state index contributed by atoms with van der Waals surface area (Å²) >= 11 is 4.26. The third-order valence-electron chi connectivity index (χ3n) is 5.63. The zero-order valence-corrected chi connectivity index (χ0v) is 14.4. The Bertz CT molecular complexity index is 256. The predicted molar refractivity (Wildman–Crippen MR) is 92.6 cm³/mol. The summed E-state index contributed by atoms with van der Waals surface area (Å²) in [6.07, 6.45) is 16.0. The van der Waals surface area contributed by atoms with Gasteiger partial charge in [0.15, 0.2) is 0 Å². The van der Waals surface area contributed by atoms with Gasteiger partial charge in [0.05, 0.1) is 0 Å². The molecule has 3 atom stereocenters. The van der Waals surface area contributed by atoms with E-state index in [1.807, 2.05) is 0 Å². The highest BCUT2D eigenvalue weighted by Crippen LogP contribution is 2.48. The van der Waals surface area contributed by atoms with E-state index in [-0.39, 0.29) is 0 Å². The maximum atomic E-state index is 4.26. The van der Waals surface area contributed by atoms with Gasteiger partial charge in [0.25, 0.3) is 0 Å². The fourth-order valence-corrected chi connectivity index (χ4v) is 4.69. The van der Waals surface area contributed by atoms with Crippen molar-refractivity contribution < 1.29 is 0 Å². The molecule has 0 aromatic heterocycles. The van der Waals surface area contributed by atoms with E-state index in [1.54, 1.807) is 12.8 Å². The number of unbranched alkanes of at least 4 members (excludes halogenated alkanes) is 6. The van der Waals surface area contributed by atoms with Crippen LogP contribution in [0.3, 0.4) is 0 Å². The summed E-state index contributed by atoms with van der Waals surface area (Å²) in [6, 6.07) is 0. The SMILES string of the molecule is CN(CCCCCCCCCS)CC1CC2CCC1C2. The lowest BCUT2D eigenvalue weighted by Crippen LogP contribution is -2.29. The van der Waals surface area contributed by atoms with Crippen molar-refractivity contribution in [2.75, 3.05) is 25.9 Å². The Balaban J connectivity index is 1.42. The highest BCUT2D eigenvalue weighted by atomic mass is 32.1. The van der Waals surface area contributed by atoms with Crippen LogP contribution in [0.4, 0.5) is 0 Å². The maximum Gasteiger partial charge on any atom is 0.000936 e. The highest BCUT2D eigenvalue weighted by molar-refractivity contribution is 7.80. The second-order valence-electron chi connectivity index (χ2n) is 7.40. The summed E-state index contributed by atoms with van der Waals surface area (Å²) in [5, 5.41) is 0. The predicted octanol–water partition coefficient (Wildman–Crippen LogP) is 5.01. The first kappa shape index (κ1) is 16.7. The molecule has 118 valence electrons. The van der Waals surface area contributed by atoms with Crippen molar-refractivity contribution >= 4 is 12.6 Å². The molecule has 0 aromatic carbocycles. The average molecular weight is 298 g/mol. The molecule has 20 heavy (non-hydrogen) atoms. The number of rotatable bonds is 11. The van der Waals surface area contributed by atoms with E-state index in [1.165, 1.54) is 70.9 Å². The van der Waals surface area contributed by atoms with E-state index in [4.69, 9.17) is 0 Å². The standard InChI is InChI=1S/C18H35NS/c1-19(11-7-5-3-2-4-6-8-12-20)15-18-14-16-9-10-17(18)13-16/h16-18,20H,2-15H2,1H3. The molecule has 2 aliphatic rings. The lowest BCUT2D eigenvalue weighted by atomic mass is 9.88. The lowest BCUT2D eigenvalue weighted by Gasteiger charge is -2.27. The van der Waals surface area contributed by atoms with Gasteiger partial charge in [-0.15, -0.1) is 0 Å². The topological polar surface area (TPSA) is 3.24 Å². The second kappa shape index (κ2) is 9.35. The van der Waals surface area contributed by atoms with Crippen LogP contribution in [-0.4, -0.2) is 30.8 Å². The van der Waals surface area contributed by atoms with E-state index in [0.717, 1.165) is 23.5 Å². The van der Waals surface area contributed by atoms with Gasteiger partial charge in [-0.2, -0.15) is 12.6 Å². The smallest absolute Gasteiger partial charge is 0.000936 e. The molecule has 3 unspecified atom stereocenters. The zero-order chi connectivity index (χ0) is 14.2. The molecular weight excluding hydrogens is 262 g/mol. The number of fused-ring (bicyclic) bond motifs is 2. The largest absolute Gasteiger partial charge is 0.306 e. The molecule has 0 aliphatic heterocycles. The van der Waals surface area contributed by atoms with Gasteiger partial charge in [0.2, 0.25) is 0 Å². The Hall–Kier alpha value is 0.310.